The van der Waals surface area contributed by atoms with Crippen molar-refractivity contribution in [2.75, 3.05) is 26.2 Å². The normalized spacial score (nSPS) is 22.1. The number of nitrogens with one attached hydrogen (secondary N) is 2. The van der Waals surface area contributed by atoms with Gasteiger partial charge >= 0.3 is 0 Å². The van der Waals surface area contributed by atoms with Crippen molar-refractivity contribution in [1.29, 1.82) is 0 Å². The Morgan fingerprint density at radius 2 is 2.23 bits per heavy atom. The van der Waals surface area contributed by atoms with Gasteiger partial charge in [-0.3, -0.25) is 4.79 Å². The first-order chi connectivity index (χ1) is 10.6. The maximum atomic E-state index is 10.9. The Bertz CT molecular complexity index is 511. The number of carbonyl (C=O) groups is 1. The topological polar surface area (TPSA) is 50.4 Å². The summed E-state index contributed by atoms with van der Waals surface area (Å²) in [4.78, 5) is 10.9. The molecule has 4 nitrogen and oxygen atoms in total. The first-order valence-electron chi connectivity index (χ1n) is 7.59. The number of halogens is 2. The smallest absolute Gasteiger partial charge is 0.216 e. The lowest BCUT2D eigenvalue weighted by Gasteiger charge is -2.25. The first kappa shape index (κ1) is 17.5. The zero-order chi connectivity index (χ0) is 15.9. The second-order valence-corrected chi connectivity index (χ2v) is 6.33. The Labute approximate surface area is 141 Å². The highest BCUT2D eigenvalue weighted by molar-refractivity contribution is 6.42. The second kappa shape index (κ2) is 8.73. The summed E-state index contributed by atoms with van der Waals surface area (Å²) < 4.78 is 6.00. The molecule has 1 aromatic rings. The summed E-state index contributed by atoms with van der Waals surface area (Å²) in [5.74, 6) is 0.235. The lowest BCUT2D eigenvalue weighted by molar-refractivity contribution is -0.119. The molecule has 6 heteroatoms. The van der Waals surface area contributed by atoms with Gasteiger partial charge < -0.3 is 15.4 Å². The molecule has 2 atom stereocenters. The van der Waals surface area contributed by atoms with Crippen LogP contribution >= 0.6 is 23.2 Å². The standard InChI is InChI=1S/C16H22Cl2N2O2/c1-11(21)20-6-2-3-16-13(10-19-7-8-22-16)12-4-5-14(17)15(18)9-12/h4-5,9,13,16,19H,2-3,6-8,10H2,1H3,(H,20,21)/t13-,16-/m1/s1. The fraction of sp³-hybridized carbons (Fsp3) is 0.562. The van der Waals surface area contributed by atoms with E-state index in [4.69, 9.17) is 27.9 Å². The fourth-order valence-electron chi connectivity index (χ4n) is 2.72. The van der Waals surface area contributed by atoms with Crippen molar-refractivity contribution in [2.45, 2.75) is 31.8 Å². The zero-order valence-corrected chi connectivity index (χ0v) is 14.2. The molecule has 122 valence electrons. The predicted octanol–water partition coefficient (Wildman–Crippen LogP) is 2.98. The van der Waals surface area contributed by atoms with Crippen LogP contribution in [-0.4, -0.2) is 38.3 Å². The van der Waals surface area contributed by atoms with Crippen molar-refractivity contribution < 1.29 is 9.53 Å². The third-order valence-electron chi connectivity index (χ3n) is 3.83. The van der Waals surface area contributed by atoms with E-state index in [1.54, 1.807) is 0 Å². The van der Waals surface area contributed by atoms with Crippen LogP contribution in [0.25, 0.3) is 0 Å². The molecule has 0 aromatic heterocycles. The highest BCUT2D eigenvalue weighted by Gasteiger charge is 2.26. The van der Waals surface area contributed by atoms with Gasteiger partial charge in [0.25, 0.3) is 0 Å². The van der Waals surface area contributed by atoms with Gasteiger partial charge in [0.05, 0.1) is 22.8 Å². The van der Waals surface area contributed by atoms with Crippen LogP contribution in [0.1, 0.15) is 31.2 Å². The molecule has 2 N–H and O–H groups in total. The van der Waals surface area contributed by atoms with Gasteiger partial charge in [0, 0.05) is 32.5 Å². The summed E-state index contributed by atoms with van der Waals surface area (Å²) in [6, 6.07) is 5.76. The summed E-state index contributed by atoms with van der Waals surface area (Å²) in [5, 5.41) is 7.36. The zero-order valence-electron chi connectivity index (χ0n) is 12.7. The van der Waals surface area contributed by atoms with Crippen molar-refractivity contribution in [3.8, 4) is 0 Å². The van der Waals surface area contributed by atoms with E-state index in [9.17, 15) is 4.79 Å². The quantitative estimate of drug-likeness (QED) is 0.807. The SMILES string of the molecule is CC(=O)NCCC[C@H]1OCCNC[C@@H]1c1ccc(Cl)c(Cl)c1. The first-order valence-corrected chi connectivity index (χ1v) is 8.35. The Hall–Kier alpha value is -0.810. The number of rotatable bonds is 5. The lowest BCUT2D eigenvalue weighted by Crippen LogP contribution is -2.28. The molecule has 1 heterocycles. The van der Waals surface area contributed by atoms with E-state index in [-0.39, 0.29) is 17.9 Å². The minimum atomic E-state index is 0.00415. The summed E-state index contributed by atoms with van der Waals surface area (Å²) in [5.41, 5.74) is 1.13. The number of ether oxygens (including phenoxy) is 1. The molecule has 1 fully saturated rings. The van der Waals surface area contributed by atoms with Crippen LogP contribution in [0.15, 0.2) is 18.2 Å². The average molecular weight is 345 g/mol. The van der Waals surface area contributed by atoms with E-state index in [2.05, 4.69) is 10.6 Å². The predicted molar refractivity (Wildman–Crippen MR) is 89.7 cm³/mol. The molecule has 1 aliphatic heterocycles. The number of hydrogen-bond donors (Lipinski definition) is 2. The summed E-state index contributed by atoms with van der Waals surface area (Å²) in [7, 11) is 0. The molecule has 0 spiro atoms. The van der Waals surface area contributed by atoms with Crippen molar-refractivity contribution in [2.24, 2.45) is 0 Å². The van der Waals surface area contributed by atoms with Crippen LogP contribution in [-0.2, 0) is 9.53 Å². The molecule has 0 saturated carbocycles. The maximum Gasteiger partial charge on any atom is 0.216 e. The molecule has 1 aromatic carbocycles. The number of hydrogen-bond acceptors (Lipinski definition) is 3. The number of benzene rings is 1. The molecule has 22 heavy (non-hydrogen) atoms. The summed E-state index contributed by atoms with van der Waals surface area (Å²) in [6.45, 7) is 4.60. The Morgan fingerprint density at radius 3 is 2.95 bits per heavy atom. The molecule has 0 unspecified atom stereocenters. The van der Waals surface area contributed by atoms with Gasteiger partial charge in [-0.25, -0.2) is 0 Å². The van der Waals surface area contributed by atoms with E-state index < -0.39 is 0 Å². The summed E-state index contributed by atoms with van der Waals surface area (Å²) in [6.07, 6.45) is 1.90. The summed E-state index contributed by atoms with van der Waals surface area (Å²) >= 11 is 12.1. The average Bonchev–Trinajstić information content (AvgIpc) is 2.72. The minimum Gasteiger partial charge on any atom is -0.376 e. The molecule has 1 saturated heterocycles. The van der Waals surface area contributed by atoms with Crippen LogP contribution in [0.5, 0.6) is 0 Å². The van der Waals surface area contributed by atoms with E-state index >= 15 is 0 Å². The van der Waals surface area contributed by atoms with Gasteiger partial charge in [-0.15, -0.1) is 0 Å². The van der Waals surface area contributed by atoms with Gasteiger partial charge in [0.1, 0.15) is 0 Å². The molecule has 0 aliphatic carbocycles. The van der Waals surface area contributed by atoms with Gasteiger partial charge in [0.15, 0.2) is 0 Å². The van der Waals surface area contributed by atoms with Crippen LogP contribution in [0.2, 0.25) is 10.0 Å². The van der Waals surface area contributed by atoms with Crippen LogP contribution in [0, 0.1) is 0 Å². The second-order valence-electron chi connectivity index (χ2n) is 5.52. The van der Waals surface area contributed by atoms with Crippen molar-refractivity contribution in [3.63, 3.8) is 0 Å². The third-order valence-corrected chi connectivity index (χ3v) is 4.57. The molecule has 2 rings (SSSR count). The van der Waals surface area contributed by atoms with Gasteiger partial charge in [-0.1, -0.05) is 29.3 Å². The van der Waals surface area contributed by atoms with Crippen molar-refractivity contribution >= 4 is 29.1 Å². The van der Waals surface area contributed by atoms with Crippen LogP contribution in [0.3, 0.4) is 0 Å². The third kappa shape index (κ3) is 5.13. The number of amides is 1. The largest absolute Gasteiger partial charge is 0.376 e. The Morgan fingerprint density at radius 1 is 1.41 bits per heavy atom. The molecular formula is C16H22Cl2N2O2. The molecule has 0 radical (unpaired) electrons. The van der Waals surface area contributed by atoms with Crippen LogP contribution in [0.4, 0.5) is 0 Å². The van der Waals surface area contributed by atoms with Gasteiger partial charge in [0.2, 0.25) is 5.91 Å². The van der Waals surface area contributed by atoms with Gasteiger partial charge in [-0.05, 0) is 30.5 Å². The highest BCUT2D eigenvalue weighted by atomic mass is 35.5. The Balaban J connectivity index is 2.03. The van der Waals surface area contributed by atoms with E-state index in [0.717, 1.165) is 31.5 Å². The van der Waals surface area contributed by atoms with E-state index in [1.807, 2.05) is 18.2 Å². The minimum absolute atomic E-state index is 0.00415. The van der Waals surface area contributed by atoms with E-state index in [0.29, 0.717) is 23.2 Å². The Kier molecular flexibility index (Phi) is 6.96. The molecule has 1 amide bonds. The fourth-order valence-corrected chi connectivity index (χ4v) is 3.02. The molecule has 1 aliphatic rings. The van der Waals surface area contributed by atoms with Crippen LogP contribution < -0.4 is 10.6 Å². The molecular weight excluding hydrogens is 323 g/mol. The highest BCUT2D eigenvalue weighted by Crippen LogP contribution is 2.31. The van der Waals surface area contributed by atoms with Gasteiger partial charge in [-0.2, -0.15) is 0 Å². The lowest BCUT2D eigenvalue weighted by atomic mass is 9.90. The molecule has 0 bridgehead atoms. The maximum absolute atomic E-state index is 10.9. The van der Waals surface area contributed by atoms with Crippen molar-refractivity contribution in [1.82, 2.24) is 10.6 Å². The van der Waals surface area contributed by atoms with Crippen molar-refractivity contribution in [3.05, 3.63) is 33.8 Å². The van der Waals surface area contributed by atoms with E-state index in [1.165, 1.54) is 6.92 Å². The number of carbonyl (C=O) groups excluding carboxylic acids is 1. The monoisotopic (exact) mass is 344 g/mol.